The van der Waals surface area contributed by atoms with Crippen molar-refractivity contribution in [1.82, 2.24) is 9.78 Å². The first-order valence-electron chi connectivity index (χ1n) is 5.04. The second-order valence-corrected chi connectivity index (χ2v) is 3.57. The van der Waals surface area contributed by atoms with E-state index in [-0.39, 0.29) is 5.56 Å². The molecule has 1 heterocycles. The van der Waals surface area contributed by atoms with Crippen molar-refractivity contribution in [3.8, 4) is 17.0 Å². The van der Waals surface area contributed by atoms with E-state index < -0.39 is 5.97 Å². The van der Waals surface area contributed by atoms with Gasteiger partial charge in [-0.25, -0.2) is 4.79 Å². The molecular weight excluding hydrogens is 220 g/mol. The Morgan fingerprint density at radius 1 is 1.41 bits per heavy atom. The van der Waals surface area contributed by atoms with E-state index in [0.717, 1.165) is 0 Å². The van der Waals surface area contributed by atoms with Gasteiger partial charge >= 0.3 is 5.97 Å². The van der Waals surface area contributed by atoms with Crippen LogP contribution in [0.3, 0.4) is 0 Å². The molecule has 2 rings (SSSR count). The molecule has 0 bridgehead atoms. The molecule has 0 unspecified atom stereocenters. The monoisotopic (exact) mass is 232 g/mol. The predicted molar refractivity (Wildman–Crippen MR) is 62.2 cm³/mol. The van der Waals surface area contributed by atoms with E-state index in [1.165, 1.54) is 10.9 Å². The van der Waals surface area contributed by atoms with Gasteiger partial charge in [-0.05, 0) is 12.1 Å². The number of carbonyl (C=O) groups is 1. The molecule has 0 atom stereocenters. The number of aryl methyl sites for hydroxylation is 1. The smallest absolute Gasteiger partial charge is 0.339 e. The van der Waals surface area contributed by atoms with Gasteiger partial charge in [-0.2, -0.15) is 5.10 Å². The van der Waals surface area contributed by atoms with Crippen LogP contribution in [0.25, 0.3) is 11.3 Å². The molecule has 1 aromatic carbocycles. The molecule has 0 aliphatic rings. The molecule has 0 aliphatic carbocycles. The van der Waals surface area contributed by atoms with Crippen LogP contribution in [0.1, 0.15) is 10.4 Å². The molecule has 0 amide bonds. The molecule has 2 aromatic rings. The minimum absolute atomic E-state index is 0.164. The molecule has 5 nitrogen and oxygen atoms in total. The molecule has 0 aliphatic heterocycles. The molecule has 0 fully saturated rings. The molecule has 0 saturated carbocycles. The van der Waals surface area contributed by atoms with Crippen molar-refractivity contribution in [3.63, 3.8) is 0 Å². The molecule has 1 N–H and O–H groups in total. The van der Waals surface area contributed by atoms with Crippen molar-refractivity contribution >= 4 is 5.97 Å². The lowest BCUT2D eigenvalue weighted by atomic mass is 10.1. The first-order valence-corrected chi connectivity index (χ1v) is 5.04. The fourth-order valence-corrected chi connectivity index (χ4v) is 1.68. The summed E-state index contributed by atoms with van der Waals surface area (Å²) in [7, 11) is 3.23. The molecule has 88 valence electrons. The molecule has 1 aromatic heterocycles. The van der Waals surface area contributed by atoms with Gasteiger partial charge in [0, 0.05) is 18.8 Å². The summed E-state index contributed by atoms with van der Waals surface area (Å²) >= 11 is 0. The average Bonchev–Trinajstić information content (AvgIpc) is 2.71. The van der Waals surface area contributed by atoms with Crippen LogP contribution >= 0.6 is 0 Å². The van der Waals surface area contributed by atoms with Crippen LogP contribution in [0.4, 0.5) is 0 Å². The maximum absolute atomic E-state index is 11.1. The number of benzene rings is 1. The Labute approximate surface area is 98.3 Å². The van der Waals surface area contributed by atoms with Crippen LogP contribution in [0.15, 0.2) is 30.5 Å². The fraction of sp³-hybridized carbons (Fsp3) is 0.167. The Kier molecular flexibility index (Phi) is 2.82. The summed E-state index contributed by atoms with van der Waals surface area (Å²) in [5, 5.41) is 13.3. The average molecular weight is 232 g/mol. The quantitative estimate of drug-likeness (QED) is 0.876. The van der Waals surface area contributed by atoms with Gasteiger partial charge in [-0.3, -0.25) is 4.68 Å². The summed E-state index contributed by atoms with van der Waals surface area (Å²) in [5.74, 6) is -0.396. The predicted octanol–water partition coefficient (Wildman–Crippen LogP) is 1.79. The number of para-hydroxylation sites is 1. The van der Waals surface area contributed by atoms with E-state index >= 15 is 0 Å². The van der Waals surface area contributed by atoms with Crippen molar-refractivity contribution in [2.45, 2.75) is 0 Å². The zero-order valence-electron chi connectivity index (χ0n) is 9.54. The number of carboxylic acids is 1. The third kappa shape index (κ3) is 1.99. The molecular formula is C12H12N2O3. The molecule has 17 heavy (non-hydrogen) atoms. The van der Waals surface area contributed by atoms with Gasteiger partial charge in [-0.1, -0.05) is 12.1 Å². The van der Waals surface area contributed by atoms with E-state index in [2.05, 4.69) is 5.10 Å². The molecule has 0 saturated heterocycles. The summed E-state index contributed by atoms with van der Waals surface area (Å²) in [5.41, 5.74) is 1.25. The van der Waals surface area contributed by atoms with Gasteiger partial charge in [-0.15, -0.1) is 0 Å². The number of hydrogen-bond donors (Lipinski definition) is 1. The van der Waals surface area contributed by atoms with Crippen LogP contribution < -0.4 is 4.74 Å². The van der Waals surface area contributed by atoms with E-state index in [9.17, 15) is 4.79 Å². The molecule has 5 heteroatoms. The highest BCUT2D eigenvalue weighted by molar-refractivity contribution is 5.95. The third-order valence-corrected chi connectivity index (χ3v) is 2.42. The number of nitrogens with zero attached hydrogens (tertiary/aromatic N) is 2. The summed E-state index contributed by atoms with van der Waals surface area (Å²) in [6.45, 7) is 0. The fourth-order valence-electron chi connectivity index (χ4n) is 1.68. The first-order chi connectivity index (χ1) is 8.13. The van der Waals surface area contributed by atoms with Gasteiger partial charge in [0.25, 0.3) is 0 Å². The molecule has 0 radical (unpaired) electrons. The summed E-state index contributed by atoms with van der Waals surface area (Å²) in [6, 6.07) is 7.20. The van der Waals surface area contributed by atoms with Gasteiger partial charge < -0.3 is 9.84 Å². The number of ether oxygens (including phenoxy) is 1. The van der Waals surface area contributed by atoms with Gasteiger partial charge in [0.15, 0.2) is 0 Å². The van der Waals surface area contributed by atoms with E-state index in [1.54, 1.807) is 26.3 Å². The van der Waals surface area contributed by atoms with Crippen LogP contribution in [0.2, 0.25) is 0 Å². The van der Waals surface area contributed by atoms with Crippen LogP contribution in [-0.4, -0.2) is 28.0 Å². The lowest BCUT2D eigenvalue weighted by Gasteiger charge is -2.06. The van der Waals surface area contributed by atoms with Crippen molar-refractivity contribution in [2.75, 3.05) is 7.11 Å². The minimum atomic E-state index is -1.00. The zero-order valence-corrected chi connectivity index (χ0v) is 9.54. The Hall–Kier alpha value is -2.30. The number of aromatic nitrogens is 2. The largest absolute Gasteiger partial charge is 0.496 e. The van der Waals surface area contributed by atoms with E-state index in [4.69, 9.17) is 9.84 Å². The van der Waals surface area contributed by atoms with E-state index in [0.29, 0.717) is 17.0 Å². The number of aromatic carboxylic acids is 1. The number of hydrogen-bond acceptors (Lipinski definition) is 3. The second-order valence-electron chi connectivity index (χ2n) is 3.57. The van der Waals surface area contributed by atoms with Crippen molar-refractivity contribution < 1.29 is 14.6 Å². The van der Waals surface area contributed by atoms with Gasteiger partial charge in [0.05, 0.1) is 7.11 Å². The molecule has 0 spiro atoms. The zero-order chi connectivity index (χ0) is 12.4. The first kappa shape index (κ1) is 11.2. The van der Waals surface area contributed by atoms with Crippen LogP contribution in [0, 0.1) is 0 Å². The van der Waals surface area contributed by atoms with Gasteiger partial charge in [0.1, 0.15) is 17.0 Å². The highest BCUT2D eigenvalue weighted by Gasteiger charge is 2.18. The highest BCUT2D eigenvalue weighted by atomic mass is 16.5. The number of rotatable bonds is 3. The summed E-state index contributed by atoms with van der Waals surface area (Å²) in [6.07, 6.45) is 1.48. The highest BCUT2D eigenvalue weighted by Crippen LogP contribution is 2.30. The Bertz CT molecular complexity index is 561. The van der Waals surface area contributed by atoms with Crippen molar-refractivity contribution in [2.24, 2.45) is 7.05 Å². The summed E-state index contributed by atoms with van der Waals surface area (Å²) in [4.78, 5) is 11.1. The standard InChI is InChI=1S/C12H12N2O3/c1-14-7-9(12(15)16)11(13-14)8-5-3-4-6-10(8)17-2/h3-7H,1-2H3,(H,15,16). The Balaban J connectivity index is 2.63. The number of carboxylic acid groups (broad SMARTS) is 1. The second kappa shape index (κ2) is 4.29. The van der Waals surface area contributed by atoms with Crippen LogP contribution in [0.5, 0.6) is 5.75 Å². The number of methoxy groups -OCH3 is 1. The topological polar surface area (TPSA) is 64.4 Å². The lowest BCUT2D eigenvalue weighted by molar-refractivity contribution is 0.0697. The maximum Gasteiger partial charge on any atom is 0.339 e. The minimum Gasteiger partial charge on any atom is -0.496 e. The summed E-state index contributed by atoms with van der Waals surface area (Å²) < 4.78 is 6.68. The lowest BCUT2D eigenvalue weighted by Crippen LogP contribution is -1.97. The third-order valence-electron chi connectivity index (χ3n) is 2.42. The van der Waals surface area contributed by atoms with Gasteiger partial charge in [0.2, 0.25) is 0 Å². The van der Waals surface area contributed by atoms with Crippen molar-refractivity contribution in [1.29, 1.82) is 0 Å². The van der Waals surface area contributed by atoms with Crippen LogP contribution in [-0.2, 0) is 7.05 Å². The Morgan fingerprint density at radius 2 is 2.12 bits per heavy atom. The van der Waals surface area contributed by atoms with E-state index in [1.807, 2.05) is 12.1 Å². The SMILES string of the molecule is COc1ccccc1-c1nn(C)cc1C(=O)O. The van der Waals surface area contributed by atoms with Crippen molar-refractivity contribution in [3.05, 3.63) is 36.0 Å². The normalized spacial score (nSPS) is 10.2. The Morgan fingerprint density at radius 3 is 2.76 bits per heavy atom. The maximum atomic E-state index is 11.1.